The van der Waals surface area contributed by atoms with Crippen LogP contribution in [0, 0.1) is 11.7 Å². The highest BCUT2D eigenvalue weighted by atomic mass is 19.1. The van der Waals surface area contributed by atoms with Crippen LogP contribution in [0.3, 0.4) is 0 Å². The van der Waals surface area contributed by atoms with Crippen LogP contribution < -0.4 is 10.2 Å². The molecule has 0 bridgehead atoms. The molecule has 0 aliphatic carbocycles. The van der Waals surface area contributed by atoms with E-state index in [1.807, 2.05) is 19.9 Å². The van der Waals surface area contributed by atoms with E-state index >= 15 is 0 Å². The molecule has 21 heavy (non-hydrogen) atoms. The molecule has 0 spiro atoms. The monoisotopic (exact) mass is 294 g/mol. The zero-order chi connectivity index (χ0) is 15.2. The summed E-state index contributed by atoms with van der Waals surface area (Å²) < 4.78 is 19.7. The van der Waals surface area contributed by atoms with E-state index in [9.17, 15) is 4.39 Å². The second kappa shape index (κ2) is 7.76. The molecule has 1 unspecified atom stereocenters. The summed E-state index contributed by atoms with van der Waals surface area (Å²) in [5, 5.41) is 3.31. The third-order valence-electron chi connectivity index (χ3n) is 4.26. The average Bonchev–Trinajstić information content (AvgIpc) is 2.48. The van der Waals surface area contributed by atoms with Crippen molar-refractivity contribution in [3.05, 3.63) is 29.6 Å². The maximum absolute atomic E-state index is 14.3. The van der Waals surface area contributed by atoms with Crippen LogP contribution >= 0.6 is 0 Å². The Labute approximate surface area is 127 Å². The van der Waals surface area contributed by atoms with Crippen molar-refractivity contribution in [3.63, 3.8) is 0 Å². The molecule has 1 atom stereocenters. The van der Waals surface area contributed by atoms with E-state index in [-0.39, 0.29) is 11.9 Å². The molecule has 0 radical (unpaired) electrons. The van der Waals surface area contributed by atoms with Crippen LogP contribution in [0.2, 0.25) is 0 Å². The van der Waals surface area contributed by atoms with E-state index in [0.29, 0.717) is 5.92 Å². The van der Waals surface area contributed by atoms with Gasteiger partial charge in [0.05, 0.1) is 0 Å². The molecule has 118 valence electrons. The van der Waals surface area contributed by atoms with Crippen molar-refractivity contribution in [2.24, 2.45) is 5.92 Å². The molecule has 4 heteroatoms. The normalized spacial score (nSPS) is 17.7. The summed E-state index contributed by atoms with van der Waals surface area (Å²) in [5.41, 5.74) is 1.77. The van der Waals surface area contributed by atoms with Gasteiger partial charge in [0.25, 0.3) is 0 Å². The van der Waals surface area contributed by atoms with E-state index in [2.05, 4.69) is 17.3 Å². The van der Waals surface area contributed by atoms with Crippen molar-refractivity contribution in [1.29, 1.82) is 0 Å². The molecule has 2 rings (SSSR count). The first kappa shape index (κ1) is 16.2. The summed E-state index contributed by atoms with van der Waals surface area (Å²) in [7, 11) is 2.06. The fourth-order valence-corrected chi connectivity index (χ4v) is 3.11. The van der Waals surface area contributed by atoms with Gasteiger partial charge in [-0.1, -0.05) is 13.0 Å². The molecule has 1 aromatic carbocycles. The number of rotatable bonds is 6. The molecule has 1 saturated heterocycles. The summed E-state index contributed by atoms with van der Waals surface area (Å²) in [5.74, 6) is 0.508. The molecule has 0 aromatic heterocycles. The number of halogens is 1. The van der Waals surface area contributed by atoms with Gasteiger partial charge >= 0.3 is 0 Å². The fraction of sp³-hybridized carbons (Fsp3) is 0.647. The van der Waals surface area contributed by atoms with Crippen LogP contribution in [0.5, 0.6) is 0 Å². The van der Waals surface area contributed by atoms with Crippen LogP contribution in [0.1, 0.15) is 38.3 Å². The highest BCUT2D eigenvalue weighted by Gasteiger charge is 2.21. The lowest BCUT2D eigenvalue weighted by atomic mass is 9.98. The van der Waals surface area contributed by atoms with Gasteiger partial charge in [-0.25, -0.2) is 4.39 Å². The molecular weight excluding hydrogens is 267 g/mol. The van der Waals surface area contributed by atoms with E-state index in [0.717, 1.165) is 50.4 Å². The molecule has 1 aliphatic rings. The Bertz CT molecular complexity index is 446. The SMILES string of the molecule is CCNC(C)c1c(F)cccc1N(C)CC1CCOCC1. The molecule has 1 aliphatic heterocycles. The minimum absolute atomic E-state index is 0.0170. The lowest BCUT2D eigenvalue weighted by Gasteiger charge is -2.31. The minimum atomic E-state index is -0.125. The number of nitrogens with one attached hydrogen (secondary N) is 1. The largest absolute Gasteiger partial charge is 0.381 e. The first-order valence-electron chi connectivity index (χ1n) is 7.94. The smallest absolute Gasteiger partial charge is 0.130 e. The Balaban J connectivity index is 2.15. The predicted molar refractivity (Wildman–Crippen MR) is 85.3 cm³/mol. The van der Waals surface area contributed by atoms with Gasteiger partial charge in [0.15, 0.2) is 0 Å². The third kappa shape index (κ3) is 4.17. The van der Waals surface area contributed by atoms with Crippen LogP contribution in [0.25, 0.3) is 0 Å². The third-order valence-corrected chi connectivity index (χ3v) is 4.26. The Morgan fingerprint density at radius 3 is 2.76 bits per heavy atom. The molecule has 1 fully saturated rings. The zero-order valence-electron chi connectivity index (χ0n) is 13.4. The number of anilines is 1. The first-order valence-corrected chi connectivity index (χ1v) is 7.94. The van der Waals surface area contributed by atoms with E-state index in [1.165, 1.54) is 0 Å². The van der Waals surface area contributed by atoms with Crippen LogP contribution in [-0.2, 0) is 4.74 Å². The molecular formula is C17H27FN2O. The second-order valence-electron chi connectivity index (χ2n) is 5.89. The molecule has 1 N–H and O–H groups in total. The molecule has 0 amide bonds. The quantitative estimate of drug-likeness (QED) is 0.870. The van der Waals surface area contributed by atoms with Gasteiger partial charge in [-0.05, 0) is 44.4 Å². The van der Waals surface area contributed by atoms with Crippen molar-refractivity contribution in [3.8, 4) is 0 Å². The van der Waals surface area contributed by atoms with E-state index in [1.54, 1.807) is 12.1 Å². The Morgan fingerprint density at radius 1 is 1.38 bits per heavy atom. The van der Waals surface area contributed by atoms with E-state index < -0.39 is 0 Å². The Morgan fingerprint density at radius 2 is 2.10 bits per heavy atom. The van der Waals surface area contributed by atoms with Crippen molar-refractivity contribution in [2.45, 2.75) is 32.7 Å². The summed E-state index contributed by atoms with van der Waals surface area (Å²) in [6, 6.07) is 5.39. The van der Waals surface area contributed by atoms with Gasteiger partial charge in [0.2, 0.25) is 0 Å². The number of ether oxygens (including phenoxy) is 1. The Hall–Kier alpha value is -1.13. The van der Waals surface area contributed by atoms with Crippen molar-refractivity contribution in [1.82, 2.24) is 5.32 Å². The summed E-state index contributed by atoms with van der Waals surface area (Å²) in [4.78, 5) is 2.20. The minimum Gasteiger partial charge on any atom is -0.381 e. The van der Waals surface area contributed by atoms with Crippen LogP contribution in [0.15, 0.2) is 18.2 Å². The van der Waals surface area contributed by atoms with E-state index in [4.69, 9.17) is 4.74 Å². The van der Waals surface area contributed by atoms with Gasteiger partial charge in [-0.3, -0.25) is 0 Å². The molecule has 3 nitrogen and oxygen atoms in total. The highest BCUT2D eigenvalue weighted by molar-refractivity contribution is 5.55. The van der Waals surface area contributed by atoms with Gasteiger partial charge in [-0.2, -0.15) is 0 Å². The van der Waals surface area contributed by atoms with Gasteiger partial charge in [-0.15, -0.1) is 0 Å². The number of hydrogen-bond donors (Lipinski definition) is 1. The standard InChI is InChI=1S/C17H27FN2O/c1-4-19-13(2)17-15(18)6-5-7-16(17)20(3)12-14-8-10-21-11-9-14/h5-7,13-14,19H,4,8-12H2,1-3H3. The zero-order valence-corrected chi connectivity index (χ0v) is 13.4. The number of hydrogen-bond acceptors (Lipinski definition) is 3. The summed E-state index contributed by atoms with van der Waals surface area (Å²) in [6.45, 7) is 7.55. The maximum atomic E-state index is 14.3. The average molecular weight is 294 g/mol. The number of benzene rings is 1. The Kier molecular flexibility index (Phi) is 6.00. The highest BCUT2D eigenvalue weighted by Crippen LogP contribution is 2.29. The molecule has 1 aromatic rings. The van der Waals surface area contributed by atoms with Crippen LogP contribution in [0.4, 0.5) is 10.1 Å². The summed E-state index contributed by atoms with van der Waals surface area (Å²) >= 11 is 0. The number of nitrogens with zero attached hydrogens (tertiary/aromatic N) is 1. The predicted octanol–water partition coefficient (Wildman–Crippen LogP) is 3.36. The maximum Gasteiger partial charge on any atom is 0.130 e. The second-order valence-corrected chi connectivity index (χ2v) is 5.89. The van der Waals surface area contributed by atoms with Gasteiger partial charge in [0.1, 0.15) is 5.82 Å². The van der Waals surface area contributed by atoms with Crippen LogP contribution in [-0.4, -0.2) is 33.4 Å². The fourth-order valence-electron chi connectivity index (χ4n) is 3.11. The first-order chi connectivity index (χ1) is 10.1. The van der Waals surface area contributed by atoms with Crippen molar-refractivity contribution < 1.29 is 9.13 Å². The molecule has 0 saturated carbocycles. The molecule has 1 heterocycles. The lowest BCUT2D eigenvalue weighted by Crippen LogP contribution is -2.31. The topological polar surface area (TPSA) is 24.5 Å². The van der Waals surface area contributed by atoms with Gasteiger partial charge in [0, 0.05) is 44.1 Å². The van der Waals surface area contributed by atoms with Crippen molar-refractivity contribution >= 4 is 5.69 Å². The van der Waals surface area contributed by atoms with Crippen molar-refractivity contribution in [2.75, 3.05) is 38.3 Å². The lowest BCUT2D eigenvalue weighted by molar-refractivity contribution is 0.0685. The van der Waals surface area contributed by atoms with Gasteiger partial charge < -0.3 is 15.0 Å². The summed E-state index contributed by atoms with van der Waals surface area (Å²) in [6.07, 6.45) is 2.19.